The van der Waals surface area contributed by atoms with Gasteiger partial charge in [0, 0.05) is 6.04 Å². The van der Waals surface area contributed by atoms with E-state index in [2.05, 4.69) is 38.2 Å². The van der Waals surface area contributed by atoms with Crippen molar-refractivity contribution in [2.45, 2.75) is 39.7 Å². The van der Waals surface area contributed by atoms with Crippen molar-refractivity contribution in [3.63, 3.8) is 0 Å². The van der Waals surface area contributed by atoms with Crippen molar-refractivity contribution in [2.75, 3.05) is 19.8 Å². The van der Waals surface area contributed by atoms with Gasteiger partial charge in [-0.05, 0) is 49.9 Å². The fourth-order valence-electron chi connectivity index (χ4n) is 2.28. The lowest BCUT2D eigenvalue weighted by Crippen LogP contribution is -2.21. The Morgan fingerprint density at radius 3 is 2.58 bits per heavy atom. The first-order valence-corrected chi connectivity index (χ1v) is 7.29. The highest BCUT2D eigenvalue weighted by molar-refractivity contribution is 5.44. The molecule has 2 rings (SSSR count). The zero-order valence-electron chi connectivity index (χ0n) is 12.2. The van der Waals surface area contributed by atoms with E-state index in [1.54, 1.807) is 0 Å². The molecule has 1 N–H and O–H groups in total. The highest BCUT2D eigenvalue weighted by Crippen LogP contribution is 2.32. The summed E-state index contributed by atoms with van der Waals surface area (Å²) in [5, 5.41) is 3.56. The van der Waals surface area contributed by atoms with Crippen molar-refractivity contribution in [3.05, 3.63) is 23.8 Å². The Morgan fingerprint density at radius 2 is 1.84 bits per heavy atom. The molecule has 1 aromatic rings. The zero-order chi connectivity index (χ0) is 13.7. The molecule has 0 aliphatic carbocycles. The van der Waals surface area contributed by atoms with Gasteiger partial charge in [0.1, 0.15) is 13.2 Å². The average molecular weight is 263 g/mol. The summed E-state index contributed by atoms with van der Waals surface area (Å²) in [7, 11) is 0. The highest BCUT2D eigenvalue weighted by Gasteiger charge is 2.14. The van der Waals surface area contributed by atoms with Gasteiger partial charge >= 0.3 is 0 Å². The Kier molecular flexibility index (Phi) is 5.08. The number of hydrogen-bond acceptors (Lipinski definition) is 3. The number of fused-ring (bicyclic) bond motifs is 1. The molecule has 3 nitrogen and oxygen atoms in total. The smallest absolute Gasteiger partial charge is 0.161 e. The highest BCUT2D eigenvalue weighted by atomic mass is 16.6. The van der Waals surface area contributed by atoms with Gasteiger partial charge < -0.3 is 14.8 Å². The third-order valence-electron chi connectivity index (χ3n) is 3.48. The molecule has 1 unspecified atom stereocenters. The molecule has 1 heterocycles. The second-order valence-corrected chi connectivity index (χ2v) is 5.61. The van der Waals surface area contributed by atoms with E-state index in [-0.39, 0.29) is 0 Å². The van der Waals surface area contributed by atoms with Crippen LogP contribution in [0.4, 0.5) is 0 Å². The Bertz CT molecular complexity index is 404. The molecule has 0 amide bonds. The molecule has 0 fully saturated rings. The van der Waals surface area contributed by atoms with Crippen LogP contribution in [-0.4, -0.2) is 19.8 Å². The van der Waals surface area contributed by atoms with E-state index in [4.69, 9.17) is 9.47 Å². The fourth-order valence-corrected chi connectivity index (χ4v) is 2.28. The first kappa shape index (κ1) is 14.2. The minimum Gasteiger partial charge on any atom is -0.486 e. The van der Waals surface area contributed by atoms with E-state index in [1.807, 2.05) is 6.07 Å². The molecule has 0 aromatic heterocycles. The summed E-state index contributed by atoms with van der Waals surface area (Å²) in [6, 6.07) is 6.57. The van der Waals surface area contributed by atoms with E-state index in [9.17, 15) is 0 Å². The minimum absolute atomic E-state index is 0.350. The van der Waals surface area contributed by atoms with Crippen LogP contribution < -0.4 is 14.8 Å². The lowest BCUT2D eigenvalue weighted by molar-refractivity contribution is 0.171. The Hall–Kier alpha value is -1.22. The second kappa shape index (κ2) is 6.80. The molecule has 0 bridgehead atoms. The van der Waals surface area contributed by atoms with Crippen molar-refractivity contribution in [1.29, 1.82) is 0 Å². The van der Waals surface area contributed by atoms with Gasteiger partial charge in [0.05, 0.1) is 0 Å². The molecule has 0 saturated carbocycles. The normalized spacial score (nSPS) is 15.6. The van der Waals surface area contributed by atoms with Gasteiger partial charge in [0.2, 0.25) is 0 Å². The third-order valence-corrected chi connectivity index (χ3v) is 3.48. The van der Waals surface area contributed by atoms with Crippen LogP contribution in [0.15, 0.2) is 18.2 Å². The summed E-state index contributed by atoms with van der Waals surface area (Å²) in [5.41, 5.74) is 1.26. The van der Waals surface area contributed by atoms with Crippen LogP contribution in [-0.2, 0) is 0 Å². The molecule has 1 atom stereocenters. The number of ether oxygens (including phenoxy) is 2. The van der Waals surface area contributed by atoms with Gasteiger partial charge in [-0.3, -0.25) is 0 Å². The standard InChI is InChI=1S/C16H25NO2/c1-12(2)5-4-8-17-13(3)14-6-7-15-16(11-14)19-10-9-18-15/h6-7,11-13,17H,4-5,8-10H2,1-3H3. The van der Waals surface area contributed by atoms with Gasteiger partial charge in [0.15, 0.2) is 11.5 Å². The molecular weight excluding hydrogens is 238 g/mol. The largest absolute Gasteiger partial charge is 0.486 e. The Labute approximate surface area is 116 Å². The van der Waals surface area contributed by atoms with E-state index >= 15 is 0 Å². The van der Waals surface area contributed by atoms with Crippen molar-refractivity contribution in [3.8, 4) is 11.5 Å². The van der Waals surface area contributed by atoms with Crippen LogP contribution in [0.2, 0.25) is 0 Å². The first-order chi connectivity index (χ1) is 9.16. The fraction of sp³-hybridized carbons (Fsp3) is 0.625. The van der Waals surface area contributed by atoms with Gasteiger partial charge in [-0.15, -0.1) is 0 Å². The number of rotatable bonds is 6. The Balaban J connectivity index is 1.86. The van der Waals surface area contributed by atoms with Crippen molar-refractivity contribution in [2.24, 2.45) is 5.92 Å². The summed E-state index contributed by atoms with van der Waals surface area (Å²) >= 11 is 0. The van der Waals surface area contributed by atoms with E-state index in [0.29, 0.717) is 19.3 Å². The topological polar surface area (TPSA) is 30.5 Å². The maximum atomic E-state index is 5.62. The molecule has 1 aliphatic heterocycles. The number of benzene rings is 1. The van der Waals surface area contributed by atoms with Gasteiger partial charge in [0.25, 0.3) is 0 Å². The summed E-state index contributed by atoms with van der Waals surface area (Å²) < 4.78 is 11.2. The van der Waals surface area contributed by atoms with Crippen molar-refractivity contribution >= 4 is 0 Å². The SMILES string of the molecule is CC(C)CCCNC(C)c1ccc2c(c1)OCCO2. The molecule has 1 aliphatic rings. The molecule has 0 spiro atoms. The van der Waals surface area contributed by atoms with Crippen LogP contribution in [0, 0.1) is 5.92 Å². The lowest BCUT2D eigenvalue weighted by Gasteiger charge is -2.21. The minimum atomic E-state index is 0.350. The third kappa shape index (κ3) is 4.13. The monoisotopic (exact) mass is 263 g/mol. The molecule has 106 valence electrons. The molecule has 19 heavy (non-hydrogen) atoms. The first-order valence-electron chi connectivity index (χ1n) is 7.29. The van der Waals surface area contributed by atoms with Crippen LogP contribution in [0.25, 0.3) is 0 Å². The lowest BCUT2D eigenvalue weighted by atomic mass is 10.1. The molecular formula is C16H25NO2. The predicted octanol–water partition coefficient (Wildman–Crippen LogP) is 3.54. The number of nitrogens with one attached hydrogen (secondary N) is 1. The summed E-state index contributed by atoms with van der Waals surface area (Å²) in [6.07, 6.45) is 2.51. The van der Waals surface area contributed by atoms with Gasteiger partial charge in [-0.1, -0.05) is 19.9 Å². The van der Waals surface area contributed by atoms with E-state index < -0.39 is 0 Å². The van der Waals surface area contributed by atoms with Crippen LogP contribution in [0.5, 0.6) is 11.5 Å². The summed E-state index contributed by atoms with van der Waals surface area (Å²) in [6.45, 7) is 9.09. The van der Waals surface area contributed by atoms with Crippen molar-refractivity contribution < 1.29 is 9.47 Å². The summed E-state index contributed by atoms with van der Waals surface area (Å²) in [5.74, 6) is 2.52. The van der Waals surface area contributed by atoms with Crippen molar-refractivity contribution in [1.82, 2.24) is 5.32 Å². The average Bonchev–Trinajstić information content (AvgIpc) is 2.42. The quantitative estimate of drug-likeness (QED) is 0.796. The molecule has 1 aromatic carbocycles. The van der Waals surface area contributed by atoms with Crippen LogP contribution >= 0.6 is 0 Å². The zero-order valence-corrected chi connectivity index (χ0v) is 12.2. The van der Waals surface area contributed by atoms with Gasteiger partial charge in [-0.25, -0.2) is 0 Å². The number of hydrogen-bond donors (Lipinski definition) is 1. The molecule has 0 radical (unpaired) electrons. The predicted molar refractivity (Wildman–Crippen MR) is 77.9 cm³/mol. The van der Waals surface area contributed by atoms with Crippen LogP contribution in [0.1, 0.15) is 45.2 Å². The van der Waals surface area contributed by atoms with Gasteiger partial charge in [-0.2, -0.15) is 0 Å². The Morgan fingerprint density at radius 1 is 1.11 bits per heavy atom. The van der Waals surface area contributed by atoms with E-state index in [0.717, 1.165) is 24.0 Å². The van der Waals surface area contributed by atoms with Crippen LogP contribution in [0.3, 0.4) is 0 Å². The second-order valence-electron chi connectivity index (χ2n) is 5.61. The maximum absolute atomic E-state index is 5.62. The maximum Gasteiger partial charge on any atom is 0.161 e. The van der Waals surface area contributed by atoms with E-state index in [1.165, 1.54) is 18.4 Å². The summed E-state index contributed by atoms with van der Waals surface area (Å²) in [4.78, 5) is 0. The molecule has 3 heteroatoms. The molecule has 0 saturated heterocycles.